The van der Waals surface area contributed by atoms with Crippen LogP contribution in [0, 0.1) is 0 Å². The predicted octanol–water partition coefficient (Wildman–Crippen LogP) is 5.61. The zero-order valence-corrected chi connectivity index (χ0v) is 19.7. The van der Waals surface area contributed by atoms with Crippen molar-refractivity contribution in [2.45, 2.75) is 11.5 Å². The van der Waals surface area contributed by atoms with E-state index < -0.39 is 5.41 Å². The Hall–Kier alpha value is -4.38. The van der Waals surface area contributed by atoms with Gasteiger partial charge in [-0.05, 0) is 58.7 Å². The molecule has 1 amide bonds. The van der Waals surface area contributed by atoms with Gasteiger partial charge in [-0.2, -0.15) is 5.10 Å². The second-order valence-corrected chi connectivity index (χ2v) is 8.38. The average Bonchev–Trinajstić information content (AvgIpc) is 2.93. The van der Waals surface area contributed by atoms with E-state index in [2.05, 4.69) is 5.10 Å². The number of carbonyl (C=O) groups excluding carboxylic acids is 1. The van der Waals surface area contributed by atoms with Crippen molar-refractivity contribution in [2.75, 3.05) is 14.2 Å². The molecule has 5 heteroatoms. The summed E-state index contributed by atoms with van der Waals surface area (Å²) in [6.07, 6.45) is 1.72. The Morgan fingerprint density at radius 1 is 0.714 bits per heavy atom. The zero-order valence-electron chi connectivity index (χ0n) is 19.7. The number of β-lactam (4-membered cyclic amide) rings is 1. The summed E-state index contributed by atoms with van der Waals surface area (Å²) >= 11 is 0. The highest BCUT2D eigenvalue weighted by Gasteiger charge is 2.63. The molecular weight excluding hydrogens is 436 g/mol. The fourth-order valence-electron chi connectivity index (χ4n) is 4.78. The van der Waals surface area contributed by atoms with Crippen molar-refractivity contribution in [3.05, 3.63) is 131 Å². The number of hydrogen-bond donors (Lipinski definition) is 0. The number of ether oxygens (including phenoxy) is 2. The zero-order chi connectivity index (χ0) is 24.3. The smallest absolute Gasteiger partial charge is 0.260 e. The van der Waals surface area contributed by atoms with E-state index in [1.807, 2.05) is 109 Å². The van der Waals surface area contributed by atoms with E-state index in [1.54, 1.807) is 25.4 Å². The maximum Gasteiger partial charge on any atom is 0.260 e. The largest absolute Gasteiger partial charge is 0.497 e. The highest BCUT2D eigenvalue weighted by Crippen LogP contribution is 2.56. The van der Waals surface area contributed by atoms with Crippen LogP contribution >= 0.6 is 0 Å². The maximum absolute atomic E-state index is 14.1. The van der Waals surface area contributed by atoms with E-state index >= 15 is 0 Å². The van der Waals surface area contributed by atoms with E-state index in [0.717, 1.165) is 33.8 Å². The lowest BCUT2D eigenvalue weighted by molar-refractivity contribution is -0.158. The molecule has 1 unspecified atom stereocenters. The summed E-state index contributed by atoms with van der Waals surface area (Å²) in [5.41, 5.74) is 2.84. The minimum Gasteiger partial charge on any atom is -0.497 e. The second-order valence-electron chi connectivity index (χ2n) is 8.38. The Kier molecular flexibility index (Phi) is 6.06. The molecule has 1 aliphatic rings. The summed E-state index contributed by atoms with van der Waals surface area (Å²) in [4.78, 5) is 14.1. The molecule has 0 bridgehead atoms. The highest BCUT2D eigenvalue weighted by molar-refractivity contribution is 6.00. The molecule has 0 aromatic heterocycles. The van der Waals surface area contributed by atoms with Crippen LogP contribution in [0.5, 0.6) is 11.5 Å². The van der Waals surface area contributed by atoms with Gasteiger partial charge in [0.1, 0.15) is 23.0 Å². The van der Waals surface area contributed by atoms with Crippen molar-refractivity contribution in [1.29, 1.82) is 0 Å². The molecule has 5 nitrogen and oxygen atoms in total. The Bertz CT molecular complexity index is 1280. The second kappa shape index (κ2) is 9.47. The molecule has 174 valence electrons. The van der Waals surface area contributed by atoms with Gasteiger partial charge in [0.25, 0.3) is 5.91 Å². The molecule has 1 heterocycles. The van der Waals surface area contributed by atoms with Crippen LogP contribution in [0.25, 0.3) is 0 Å². The number of carbonyl (C=O) groups is 1. The molecule has 1 saturated heterocycles. The van der Waals surface area contributed by atoms with Crippen LogP contribution in [0.1, 0.15) is 28.3 Å². The molecular formula is C30H26N2O3. The van der Waals surface area contributed by atoms with Gasteiger partial charge in [0.15, 0.2) is 0 Å². The summed E-state index contributed by atoms with van der Waals surface area (Å²) in [6, 6.07) is 35.0. The minimum atomic E-state index is -0.894. The number of hydrazone groups is 1. The van der Waals surface area contributed by atoms with E-state index in [9.17, 15) is 4.79 Å². The third-order valence-electron chi connectivity index (χ3n) is 6.54. The Morgan fingerprint density at radius 3 is 1.69 bits per heavy atom. The summed E-state index contributed by atoms with van der Waals surface area (Å²) in [6.45, 7) is 0. The molecule has 0 aliphatic carbocycles. The molecule has 4 aromatic rings. The number of rotatable bonds is 7. The van der Waals surface area contributed by atoms with Crippen LogP contribution in [-0.2, 0) is 10.2 Å². The molecule has 1 atom stereocenters. The number of benzene rings is 4. The molecule has 4 aromatic carbocycles. The van der Waals surface area contributed by atoms with Gasteiger partial charge in [-0.1, -0.05) is 72.8 Å². The molecule has 0 N–H and O–H groups in total. The van der Waals surface area contributed by atoms with Crippen molar-refractivity contribution in [3.8, 4) is 11.5 Å². The van der Waals surface area contributed by atoms with Crippen LogP contribution in [0.4, 0.5) is 0 Å². The summed E-state index contributed by atoms with van der Waals surface area (Å²) in [5.74, 6) is 1.46. The van der Waals surface area contributed by atoms with Crippen molar-refractivity contribution >= 4 is 12.1 Å². The third-order valence-corrected chi connectivity index (χ3v) is 6.54. The summed E-state index contributed by atoms with van der Waals surface area (Å²) in [7, 11) is 3.28. The van der Waals surface area contributed by atoms with Crippen LogP contribution in [0.15, 0.2) is 114 Å². The lowest BCUT2D eigenvalue weighted by Gasteiger charge is -2.54. The molecule has 0 radical (unpaired) electrons. The monoisotopic (exact) mass is 462 g/mol. The Balaban J connectivity index is 1.64. The van der Waals surface area contributed by atoms with Gasteiger partial charge < -0.3 is 9.47 Å². The van der Waals surface area contributed by atoms with Gasteiger partial charge in [0, 0.05) is 0 Å². The lowest BCUT2D eigenvalue weighted by Crippen LogP contribution is -2.64. The number of nitrogens with zero attached hydrogens (tertiary/aromatic N) is 2. The lowest BCUT2D eigenvalue weighted by atomic mass is 9.60. The minimum absolute atomic E-state index is 0.0690. The van der Waals surface area contributed by atoms with Crippen molar-refractivity contribution in [1.82, 2.24) is 5.01 Å². The van der Waals surface area contributed by atoms with Gasteiger partial charge in [-0.15, -0.1) is 0 Å². The highest BCUT2D eigenvalue weighted by atomic mass is 16.5. The standard InChI is InChI=1S/C30H26N2O3/c1-34-26-17-13-22(14-18-26)21-31-32-28(23-15-19-27(35-2)20-16-23)30(29(32)33,24-9-5-3-6-10-24)25-11-7-4-8-12-25/h3-21,28H,1-2H3/b31-21+. The normalized spacial score (nSPS) is 16.7. The fraction of sp³-hybridized carbons (Fsp3) is 0.133. The average molecular weight is 463 g/mol. The molecule has 35 heavy (non-hydrogen) atoms. The Labute approximate surface area is 205 Å². The van der Waals surface area contributed by atoms with Gasteiger partial charge in [-0.25, -0.2) is 5.01 Å². The quantitative estimate of drug-likeness (QED) is 0.265. The number of methoxy groups -OCH3 is 2. The summed E-state index contributed by atoms with van der Waals surface area (Å²) < 4.78 is 10.6. The van der Waals surface area contributed by atoms with E-state index in [-0.39, 0.29) is 11.9 Å². The first-order chi connectivity index (χ1) is 17.2. The predicted molar refractivity (Wildman–Crippen MR) is 137 cm³/mol. The van der Waals surface area contributed by atoms with E-state index in [0.29, 0.717) is 0 Å². The first-order valence-corrected chi connectivity index (χ1v) is 11.4. The van der Waals surface area contributed by atoms with Crippen LogP contribution in [-0.4, -0.2) is 31.4 Å². The van der Waals surface area contributed by atoms with Gasteiger partial charge in [0.05, 0.1) is 20.4 Å². The molecule has 0 spiro atoms. The first-order valence-electron chi connectivity index (χ1n) is 11.4. The fourth-order valence-corrected chi connectivity index (χ4v) is 4.78. The van der Waals surface area contributed by atoms with Crippen LogP contribution < -0.4 is 9.47 Å². The maximum atomic E-state index is 14.1. The first kappa shape index (κ1) is 22.4. The van der Waals surface area contributed by atoms with E-state index in [4.69, 9.17) is 9.47 Å². The van der Waals surface area contributed by atoms with Gasteiger partial charge in [0.2, 0.25) is 0 Å². The van der Waals surface area contributed by atoms with E-state index in [1.165, 1.54) is 0 Å². The third kappa shape index (κ3) is 3.85. The summed E-state index contributed by atoms with van der Waals surface area (Å²) in [5, 5.41) is 6.26. The number of amides is 1. The van der Waals surface area contributed by atoms with Gasteiger partial charge in [-0.3, -0.25) is 4.79 Å². The van der Waals surface area contributed by atoms with Crippen molar-refractivity contribution in [3.63, 3.8) is 0 Å². The van der Waals surface area contributed by atoms with Crippen LogP contribution in [0.3, 0.4) is 0 Å². The number of hydrogen-bond acceptors (Lipinski definition) is 4. The molecule has 0 saturated carbocycles. The van der Waals surface area contributed by atoms with Crippen molar-refractivity contribution < 1.29 is 14.3 Å². The molecule has 5 rings (SSSR count). The molecule has 1 aliphatic heterocycles. The van der Waals surface area contributed by atoms with Crippen LogP contribution in [0.2, 0.25) is 0 Å². The van der Waals surface area contributed by atoms with Crippen molar-refractivity contribution in [2.24, 2.45) is 5.10 Å². The Morgan fingerprint density at radius 2 is 1.20 bits per heavy atom. The molecule has 1 fully saturated rings. The van der Waals surface area contributed by atoms with Gasteiger partial charge >= 0.3 is 0 Å². The SMILES string of the molecule is COc1ccc(/C=N/N2C(=O)C(c3ccccc3)(c3ccccc3)C2c2ccc(OC)cc2)cc1. The topological polar surface area (TPSA) is 51.1 Å².